The summed E-state index contributed by atoms with van der Waals surface area (Å²) in [5.74, 6) is -0.129. The first-order valence-electron chi connectivity index (χ1n) is 7.55. The van der Waals surface area contributed by atoms with Gasteiger partial charge in [0, 0.05) is 5.02 Å². The van der Waals surface area contributed by atoms with E-state index in [0.29, 0.717) is 15.1 Å². The lowest BCUT2D eigenvalue weighted by Crippen LogP contribution is -2.19. The van der Waals surface area contributed by atoms with Gasteiger partial charge in [0.1, 0.15) is 0 Å². The molecule has 0 atom stereocenters. The van der Waals surface area contributed by atoms with Crippen LogP contribution in [0.5, 0.6) is 0 Å². The van der Waals surface area contributed by atoms with Crippen LogP contribution < -0.4 is 5.32 Å². The van der Waals surface area contributed by atoms with Gasteiger partial charge in [-0.2, -0.15) is 0 Å². The molecule has 0 radical (unpaired) electrons. The van der Waals surface area contributed by atoms with Crippen molar-refractivity contribution in [3.8, 4) is 0 Å². The highest BCUT2D eigenvalue weighted by Crippen LogP contribution is 2.29. The minimum absolute atomic E-state index is 0.129. The van der Waals surface area contributed by atoms with Gasteiger partial charge in [-0.3, -0.25) is 4.79 Å². The molecule has 0 spiro atoms. The normalized spacial score (nSPS) is 17.6. The molecular formula is C19H17ClN2OS. The molecule has 1 heterocycles. The molecule has 5 heteroatoms. The molecule has 1 saturated heterocycles. The van der Waals surface area contributed by atoms with Crippen molar-refractivity contribution in [2.75, 3.05) is 0 Å². The average Bonchev–Trinajstić information content (AvgIpc) is 2.86. The van der Waals surface area contributed by atoms with E-state index in [-0.39, 0.29) is 5.91 Å². The van der Waals surface area contributed by atoms with Gasteiger partial charge in [0.25, 0.3) is 5.91 Å². The highest BCUT2D eigenvalue weighted by atomic mass is 35.5. The van der Waals surface area contributed by atoms with Crippen LogP contribution >= 0.6 is 23.4 Å². The molecule has 122 valence electrons. The second-order valence-corrected chi connectivity index (χ2v) is 7.20. The number of benzene rings is 2. The molecule has 1 N–H and O–H groups in total. The molecule has 0 aromatic heterocycles. The SMILES string of the molecule is Cc1ccc(/C=C2\SC(=Nc3ccc(C)c(Cl)c3)NC2=O)cc1C. The summed E-state index contributed by atoms with van der Waals surface area (Å²) in [4.78, 5) is 17.2. The summed E-state index contributed by atoms with van der Waals surface area (Å²) < 4.78 is 0. The number of thioether (sulfide) groups is 1. The van der Waals surface area contributed by atoms with Gasteiger partial charge in [-0.25, -0.2) is 4.99 Å². The molecule has 3 rings (SSSR count). The maximum absolute atomic E-state index is 12.1. The Hall–Kier alpha value is -2.04. The number of nitrogens with one attached hydrogen (secondary N) is 1. The maximum atomic E-state index is 12.1. The number of amides is 1. The molecule has 1 fully saturated rings. The molecule has 1 aliphatic heterocycles. The quantitative estimate of drug-likeness (QED) is 0.755. The summed E-state index contributed by atoms with van der Waals surface area (Å²) >= 11 is 7.45. The Morgan fingerprint density at radius 1 is 1.04 bits per heavy atom. The Labute approximate surface area is 150 Å². The number of carbonyl (C=O) groups is 1. The van der Waals surface area contributed by atoms with Gasteiger partial charge in [-0.15, -0.1) is 0 Å². The smallest absolute Gasteiger partial charge is 0.264 e. The topological polar surface area (TPSA) is 41.5 Å². The first-order valence-corrected chi connectivity index (χ1v) is 8.75. The molecule has 3 nitrogen and oxygen atoms in total. The number of halogens is 1. The second-order valence-electron chi connectivity index (χ2n) is 5.76. The van der Waals surface area contributed by atoms with Crippen LogP contribution in [-0.2, 0) is 4.79 Å². The van der Waals surface area contributed by atoms with E-state index in [4.69, 9.17) is 11.6 Å². The first kappa shape index (κ1) is 16.8. The van der Waals surface area contributed by atoms with Gasteiger partial charge in [0.2, 0.25) is 0 Å². The van der Waals surface area contributed by atoms with E-state index in [1.807, 2.05) is 31.2 Å². The number of aliphatic imine (C=N–C) groups is 1. The Kier molecular flexibility index (Phi) is 4.78. The third-order valence-corrected chi connectivity index (χ3v) is 5.18. The van der Waals surface area contributed by atoms with Crippen molar-refractivity contribution >= 4 is 46.2 Å². The second kappa shape index (κ2) is 6.83. The predicted octanol–water partition coefficient (Wildman–Crippen LogP) is 5.16. The Morgan fingerprint density at radius 3 is 2.50 bits per heavy atom. The van der Waals surface area contributed by atoms with Crippen LogP contribution in [0.2, 0.25) is 5.02 Å². The monoisotopic (exact) mass is 356 g/mol. The molecule has 0 bridgehead atoms. The van der Waals surface area contributed by atoms with Crippen molar-refractivity contribution in [3.63, 3.8) is 0 Å². The Balaban J connectivity index is 1.84. The van der Waals surface area contributed by atoms with E-state index < -0.39 is 0 Å². The fraction of sp³-hybridized carbons (Fsp3) is 0.158. The van der Waals surface area contributed by atoms with E-state index in [2.05, 4.69) is 36.3 Å². The van der Waals surface area contributed by atoms with Crippen LogP contribution in [0.15, 0.2) is 46.3 Å². The summed E-state index contributed by atoms with van der Waals surface area (Å²) in [7, 11) is 0. The molecule has 0 aliphatic carbocycles. The number of rotatable bonds is 2. The molecule has 0 unspecified atom stereocenters. The molecule has 24 heavy (non-hydrogen) atoms. The lowest BCUT2D eigenvalue weighted by atomic mass is 10.1. The van der Waals surface area contributed by atoms with Gasteiger partial charge < -0.3 is 5.32 Å². The van der Waals surface area contributed by atoms with E-state index in [9.17, 15) is 4.79 Å². The molecular weight excluding hydrogens is 340 g/mol. The van der Waals surface area contributed by atoms with Crippen LogP contribution in [-0.4, -0.2) is 11.1 Å². The Bertz CT molecular complexity index is 887. The standard InChI is InChI=1S/C19H17ClN2OS/c1-11-4-6-14(8-13(11)3)9-17-18(23)22-19(24-17)21-15-7-5-12(2)16(20)10-15/h4-10H,1-3H3,(H,21,22,23)/b17-9-. The van der Waals surface area contributed by atoms with Gasteiger partial charge in [-0.1, -0.05) is 35.9 Å². The summed E-state index contributed by atoms with van der Waals surface area (Å²) in [6, 6.07) is 11.7. The minimum Gasteiger partial charge on any atom is -0.300 e. The average molecular weight is 357 g/mol. The van der Waals surface area contributed by atoms with Crippen LogP contribution in [0.1, 0.15) is 22.3 Å². The van der Waals surface area contributed by atoms with Crippen LogP contribution in [0.25, 0.3) is 6.08 Å². The van der Waals surface area contributed by atoms with Gasteiger partial charge in [0.05, 0.1) is 10.6 Å². The third kappa shape index (κ3) is 3.71. The first-order chi connectivity index (χ1) is 11.4. The van der Waals surface area contributed by atoms with Crippen LogP contribution in [0, 0.1) is 20.8 Å². The maximum Gasteiger partial charge on any atom is 0.264 e. The Morgan fingerprint density at radius 2 is 1.79 bits per heavy atom. The molecule has 1 aliphatic rings. The number of carbonyl (C=O) groups excluding carboxylic acids is 1. The number of hydrogen-bond donors (Lipinski definition) is 1. The zero-order chi connectivity index (χ0) is 17.3. The van der Waals surface area contributed by atoms with Crippen molar-refractivity contribution in [1.29, 1.82) is 0 Å². The summed E-state index contributed by atoms with van der Waals surface area (Å²) in [6.07, 6.45) is 1.89. The van der Waals surface area contributed by atoms with E-state index in [1.54, 1.807) is 6.07 Å². The zero-order valence-electron chi connectivity index (χ0n) is 13.7. The zero-order valence-corrected chi connectivity index (χ0v) is 15.3. The van der Waals surface area contributed by atoms with Crippen molar-refractivity contribution in [3.05, 3.63) is 68.6 Å². The van der Waals surface area contributed by atoms with Crippen molar-refractivity contribution in [1.82, 2.24) is 5.32 Å². The van der Waals surface area contributed by atoms with E-state index in [1.165, 1.54) is 22.9 Å². The number of aryl methyl sites for hydroxylation is 3. The van der Waals surface area contributed by atoms with Crippen LogP contribution in [0.3, 0.4) is 0 Å². The summed E-state index contributed by atoms with van der Waals surface area (Å²) in [5.41, 5.74) is 5.17. The predicted molar refractivity (Wildman–Crippen MR) is 103 cm³/mol. The number of nitrogens with zero attached hydrogens (tertiary/aromatic N) is 1. The van der Waals surface area contributed by atoms with E-state index in [0.717, 1.165) is 16.8 Å². The van der Waals surface area contributed by atoms with Gasteiger partial charge in [0.15, 0.2) is 5.17 Å². The lowest BCUT2D eigenvalue weighted by molar-refractivity contribution is -0.115. The molecule has 2 aromatic carbocycles. The summed E-state index contributed by atoms with van der Waals surface area (Å²) in [6.45, 7) is 6.07. The van der Waals surface area contributed by atoms with Gasteiger partial charge in [-0.05, 0) is 73.0 Å². The van der Waals surface area contributed by atoms with Crippen molar-refractivity contribution < 1.29 is 4.79 Å². The summed E-state index contributed by atoms with van der Waals surface area (Å²) in [5, 5.41) is 4.02. The van der Waals surface area contributed by atoms with Crippen LogP contribution in [0.4, 0.5) is 5.69 Å². The number of hydrogen-bond acceptors (Lipinski definition) is 3. The highest BCUT2D eigenvalue weighted by Gasteiger charge is 2.23. The number of amidine groups is 1. The molecule has 2 aromatic rings. The third-order valence-electron chi connectivity index (χ3n) is 3.87. The van der Waals surface area contributed by atoms with Gasteiger partial charge >= 0.3 is 0 Å². The fourth-order valence-electron chi connectivity index (χ4n) is 2.25. The molecule has 0 saturated carbocycles. The van der Waals surface area contributed by atoms with Crippen molar-refractivity contribution in [2.24, 2.45) is 4.99 Å². The fourth-order valence-corrected chi connectivity index (χ4v) is 3.27. The van der Waals surface area contributed by atoms with Crippen molar-refractivity contribution in [2.45, 2.75) is 20.8 Å². The largest absolute Gasteiger partial charge is 0.300 e. The van der Waals surface area contributed by atoms with E-state index >= 15 is 0 Å². The molecule has 1 amide bonds. The highest BCUT2D eigenvalue weighted by molar-refractivity contribution is 8.18. The minimum atomic E-state index is -0.129. The lowest BCUT2D eigenvalue weighted by Gasteiger charge is -2.01.